The van der Waals surface area contributed by atoms with Crippen LogP contribution in [0.5, 0.6) is 0 Å². The number of halogens is 2. The standard InChI is InChI=1S/C4H8I2/c1-2-5-4-6-3-1/h1-4H2/q-2. The molecule has 0 N–H and O–H groups in total. The SMILES string of the molecule is C1C[I-]C[I-]C1. The number of hydrogen-bond acceptors (Lipinski definition) is 0. The van der Waals surface area contributed by atoms with Gasteiger partial charge >= 0.3 is 60.1 Å². The first-order valence-corrected chi connectivity index (χ1v) is 8.17. The Bertz CT molecular complexity index is 21.0. The minimum atomic E-state index is 0.764. The molecule has 0 radical (unpaired) electrons. The van der Waals surface area contributed by atoms with Crippen LogP contribution in [0.4, 0.5) is 0 Å². The molecule has 0 bridgehead atoms. The molecule has 0 aromatic heterocycles. The van der Waals surface area contributed by atoms with Crippen LogP contribution in [0.15, 0.2) is 0 Å². The van der Waals surface area contributed by atoms with Crippen molar-refractivity contribution in [3.05, 3.63) is 0 Å². The van der Waals surface area contributed by atoms with Crippen LogP contribution in [0.2, 0.25) is 0 Å². The molecule has 1 heterocycles. The average molecular weight is 310 g/mol. The summed E-state index contributed by atoms with van der Waals surface area (Å²) in [6.07, 6.45) is 1.60. The van der Waals surface area contributed by atoms with Crippen LogP contribution < -0.4 is 42.4 Å². The second-order valence-corrected chi connectivity index (χ2v) is 9.97. The van der Waals surface area contributed by atoms with E-state index in [2.05, 4.69) is 0 Å². The van der Waals surface area contributed by atoms with Gasteiger partial charge in [0.1, 0.15) is 0 Å². The van der Waals surface area contributed by atoms with E-state index in [0.717, 1.165) is 42.4 Å². The van der Waals surface area contributed by atoms with Crippen molar-refractivity contribution in [3.8, 4) is 0 Å². The number of rotatable bonds is 0. The predicted octanol–water partition coefficient (Wildman–Crippen LogP) is -5.47. The molecule has 0 atom stereocenters. The fourth-order valence-corrected chi connectivity index (χ4v) is 10.4. The molecule has 0 aromatic carbocycles. The Hall–Kier alpha value is 1.46. The van der Waals surface area contributed by atoms with Gasteiger partial charge in [0.05, 0.1) is 0 Å². The fraction of sp³-hybridized carbons (Fsp3) is 1.00. The van der Waals surface area contributed by atoms with Crippen LogP contribution in [0.3, 0.4) is 0 Å². The van der Waals surface area contributed by atoms with Crippen LogP contribution in [0, 0.1) is 0 Å². The van der Waals surface area contributed by atoms with Crippen molar-refractivity contribution < 1.29 is 42.4 Å². The molecule has 1 saturated heterocycles. The zero-order chi connectivity index (χ0) is 4.24. The van der Waals surface area contributed by atoms with Crippen LogP contribution in [-0.2, 0) is 0 Å². The van der Waals surface area contributed by atoms with Gasteiger partial charge in [0.2, 0.25) is 0 Å². The third-order valence-corrected chi connectivity index (χ3v) is 10.0. The van der Waals surface area contributed by atoms with Crippen LogP contribution in [0.25, 0.3) is 0 Å². The average Bonchev–Trinajstić information content (AvgIpc) is 1.72. The summed E-state index contributed by atoms with van der Waals surface area (Å²) in [7, 11) is 0. The van der Waals surface area contributed by atoms with Crippen LogP contribution in [-0.4, -0.2) is 11.3 Å². The van der Waals surface area contributed by atoms with Gasteiger partial charge < -0.3 is 0 Å². The maximum atomic E-state index is 1.72. The molecule has 0 unspecified atom stereocenters. The Morgan fingerprint density at radius 1 is 1.00 bits per heavy atom. The van der Waals surface area contributed by atoms with Crippen molar-refractivity contribution in [2.75, 3.05) is 11.3 Å². The first-order chi connectivity index (χ1) is 3.00. The monoisotopic (exact) mass is 310 g/mol. The molecule has 1 aliphatic heterocycles. The van der Waals surface area contributed by atoms with Crippen molar-refractivity contribution in [1.29, 1.82) is 0 Å². The van der Waals surface area contributed by atoms with Crippen molar-refractivity contribution in [2.45, 2.75) is 6.42 Å². The zero-order valence-electron chi connectivity index (χ0n) is 3.58. The molecule has 0 saturated carbocycles. The third kappa shape index (κ3) is 1.95. The molecule has 0 aliphatic carbocycles. The van der Waals surface area contributed by atoms with Gasteiger partial charge in [0, 0.05) is 0 Å². The van der Waals surface area contributed by atoms with E-state index in [4.69, 9.17) is 0 Å². The Morgan fingerprint density at radius 2 is 1.67 bits per heavy atom. The molecule has 2 heteroatoms. The van der Waals surface area contributed by atoms with E-state index in [1.807, 2.05) is 0 Å². The second kappa shape index (κ2) is 3.46. The van der Waals surface area contributed by atoms with Gasteiger partial charge in [-0.05, 0) is 0 Å². The number of hydrogen-bond donors (Lipinski definition) is 0. The minimum absolute atomic E-state index is 0.764. The summed E-state index contributed by atoms with van der Waals surface area (Å²) in [5.74, 6) is 0. The van der Waals surface area contributed by atoms with Gasteiger partial charge in [-0.1, -0.05) is 0 Å². The van der Waals surface area contributed by atoms with Gasteiger partial charge in [-0.2, -0.15) is 0 Å². The molecule has 40 valence electrons. The molecule has 0 nitrogen and oxygen atoms in total. The molecule has 6 heavy (non-hydrogen) atoms. The van der Waals surface area contributed by atoms with Gasteiger partial charge in [-0.15, -0.1) is 0 Å². The molecule has 1 rings (SSSR count). The van der Waals surface area contributed by atoms with Crippen LogP contribution >= 0.6 is 0 Å². The summed E-state index contributed by atoms with van der Waals surface area (Å²) in [6, 6.07) is 0. The van der Waals surface area contributed by atoms with Gasteiger partial charge in [0.25, 0.3) is 0 Å². The van der Waals surface area contributed by atoms with Gasteiger partial charge in [-0.3, -0.25) is 0 Å². The molecular weight excluding hydrogens is 302 g/mol. The van der Waals surface area contributed by atoms with Crippen LogP contribution in [0.1, 0.15) is 6.42 Å². The molecule has 1 aliphatic rings. The summed E-state index contributed by atoms with van der Waals surface area (Å²) >= 11 is 1.53. The maximum absolute atomic E-state index is 1.72. The quantitative estimate of drug-likeness (QED) is 0.309. The summed E-state index contributed by atoms with van der Waals surface area (Å²) in [6.45, 7) is 0. The summed E-state index contributed by atoms with van der Waals surface area (Å²) in [4.78, 5) is 0. The molecule has 1 fully saturated rings. The van der Waals surface area contributed by atoms with E-state index in [-0.39, 0.29) is 0 Å². The summed E-state index contributed by atoms with van der Waals surface area (Å²) in [5.41, 5.74) is 0. The second-order valence-electron chi connectivity index (χ2n) is 1.21. The summed E-state index contributed by atoms with van der Waals surface area (Å²) in [5, 5.41) is 0. The van der Waals surface area contributed by atoms with Crippen molar-refractivity contribution in [1.82, 2.24) is 0 Å². The van der Waals surface area contributed by atoms with Gasteiger partial charge in [0.15, 0.2) is 0 Å². The van der Waals surface area contributed by atoms with E-state index in [0.29, 0.717) is 0 Å². The van der Waals surface area contributed by atoms with E-state index >= 15 is 0 Å². The van der Waals surface area contributed by atoms with E-state index in [9.17, 15) is 0 Å². The first kappa shape index (κ1) is 5.59. The van der Waals surface area contributed by atoms with Crippen molar-refractivity contribution in [2.24, 2.45) is 0 Å². The normalized spacial score (nSPS) is 26.7. The third-order valence-electron chi connectivity index (χ3n) is 0.677. The predicted molar refractivity (Wildman–Crippen MR) is 19.2 cm³/mol. The van der Waals surface area contributed by atoms with E-state index in [1.165, 1.54) is 0 Å². The fourth-order valence-electron chi connectivity index (χ4n) is 0.391. The Morgan fingerprint density at radius 3 is 1.83 bits per heavy atom. The van der Waals surface area contributed by atoms with Crippen molar-refractivity contribution >= 4 is 0 Å². The van der Waals surface area contributed by atoms with Gasteiger partial charge in [-0.25, -0.2) is 0 Å². The van der Waals surface area contributed by atoms with Crippen molar-refractivity contribution in [3.63, 3.8) is 0 Å². The topological polar surface area (TPSA) is 0 Å². The van der Waals surface area contributed by atoms with E-state index in [1.54, 1.807) is 17.7 Å². The zero-order valence-corrected chi connectivity index (χ0v) is 7.90. The molecule has 0 spiro atoms. The Labute approximate surface area is 59.6 Å². The number of alkyl halides is 4. The Kier molecular flexibility index (Phi) is 3.23. The molecule has 0 amide bonds. The Balaban J connectivity index is 2.00. The molecule has 0 aromatic rings. The first-order valence-electron chi connectivity index (χ1n) is 2.07. The molecular formula is C4H8I2-2. The summed E-state index contributed by atoms with van der Waals surface area (Å²) < 4.78 is 5.00. The van der Waals surface area contributed by atoms with E-state index < -0.39 is 0 Å².